The van der Waals surface area contributed by atoms with E-state index in [0.29, 0.717) is 11.1 Å². The Morgan fingerprint density at radius 3 is 2.53 bits per heavy atom. The molecular formula is C13H12NO2S+. The van der Waals surface area contributed by atoms with Crippen molar-refractivity contribution in [3.63, 3.8) is 0 Å². The molecule has 3 nitrogen and oxygen atoms in total. The molecule has 0 N–H and O–H groups in total. The number of carbonyl (C=O) groups excluding carboxylic acids is 2. The maximum atomic E-state index is 12.1. The molecule has 0 radical (unpaired) electrons. The molecule has 0 aliphatic carbocycles. The van der Waals surface area contributed by atoms with Crippen LogP contribution in [0.15, 0.2) is 41.4 Å². The van der Waals surface area contributed by atoms with Crippen LogP contribution < -0.4 is 4.57 Å². The van der Waals surface area contributed by atoms with Crippen LogP contribution in [0.3, 0.4) is 0 Å². The molecule has 0 spiro atoms. The van der Waals surface area contributed by atoms with Crippen molar-refractivity contribution in [2.24, 2.45) is 0 Å². The second-order valence-corrected chi connectivity index (χ2v) is 4.48. The molecular weight excluding hydrogens is 234 g/mol. The van der Waals surface area contributed by atoms with Gasteiger partial charge in [-0.1, -0.05) is 35.6 Å². The number of Topliss-reactive ketones (excluding diaryl/α,β-unsaturated/α-hetero) is 2. The number of carbonyl (C=O) groups is 2. The van der Waals surface area contributed by atoms with Crippen molar-refractivity contribution in [3.8, 4) is 0 Å². The molecule has 2 aromatic rings. The standard InChI is InChI=1S/C13H12NO2S/c1-10(15)11-4-2-3-5-12(11)13(16)8-14-6-7-17-9-14/h2-7,9H,8H2,1H3/q+1. The van der Waals surface area contributed by atoms with Crippen molar-refractivity contribution in [2.75, 3.05) is 0 Å². The fourth-order valence-corrected chi connectivity index (χ4v) is 2.23. The van der Waals surface area contributed by atoms with E-state index >= 15 is 0 Å². The summed E-state index contributed by atoms with van der Waals surface area (Å²) in [5, 5.41) is 1.91. The normalized spacial score (nSPS) is 10.2. The van der Waals surface area contributed by atoms with E-state index in [1.165, 1.54) is 18.3 Å². The summed E-state index contributed by atoms with van der Waals surface area (Å²) in [5.41, 5.74) is 2.86. The van der Waals surface area contributed by atoms with Gasteiger partial charge < -0.3 is 0 Å². The van der Waals surface area contributed by atoms with Gasteiger partial charge in [-0.25, -0.2) is 0 Å². The maximum absolute atomic E-state index is 12.1. The van der Waals surface area contributed by atoms with E-state index in [9.17, 15) is 9.59 Å². The van der Waals surface area contributed by atoms with E-state index in [-0.39, 0.29) is 18.1 Å². The van der Waals surface area contributed by atoms with Gasteiger partial charge in [0.25, 0.3) is 0 Å². The van der Waals surface area contributed by atoms with Gasteiger partial charge in [-0.15, -0.1) is 0 Å². The molecule has 1 aromatic carbocycles. The van der Waals surface area contributed by atoms with Gasteiger partial charge in [-0.3, -0.25) is 9.59 Å². The van der Waals surface area contributed by atoms with E-state index < -0.39 is 0 Å². The summed E-state index contributed by atoms with van der Waals surface area (Å²) in [6, 6.07) is 6.93. The first-order chi connectivity index (χ1) is 8.18. The van der Waals surface area contributed by atoms with E-state index in [2.05, 4.69) is 0 Å². The highest BCUT2D eigenvalue weighted by atomic mass is 32.1. The van der Waals surface area contributed by atoms with Gasteiger partial charge in [0.2, 0.25) is 17.8 Å². The molecule has 4 heteroatoms. The maximum Gasteiger partial charge on any atom is 0.228 e. The van der Waals surface area contributed by atoms with Crippen molar-refractivity contribution < 1.29 is 14.2 Å². The fourth-order valence-electron chi connectivity index (χ4n) is 1.64. The Bertz CT molecular complexity index is 546. The first-order valence-corrected chi connectivity index (χ1v) is 6.17. The van der Waals surface area contributed by atoms with Gasteiger partial charge in [-0.05, 0) is 6.92 Å². The average Bonchev–Trinajstić information content (AvgIpc) is 2.81. The van der Waals surface area contributed by atoms with E-state index in [0.717, 1.165) is 0 Å². The highest BCUT2D eigenvalue weighted by molar-refractivity contribution is 7.07. The molecule has 0 aliphatic rings. The van der Waals surface area contributed by atoms with Crippen LogP contribution >= 0.6 is 11.3 Å². The molecule has 2 rings (SSSR count). The number of rotatable bonds is 4. The van der Waals surface area contributed by atoms with Crippen LogP contribution in [-0.4, -0.2) is 11.6 Å². The summed E-state index contributed by atoms with van der Waals surface area (Å²) < 4.78 is 1.81. The number of aromatic nitrogens is 1. The van der Waals surface area contributed by atoms with Crippen molar-refractivity contribution >= 4 is 22.9 Å². The Kier molecular flexibility index (Phi) is 3.44. The Morgan fingerprint density at radius 2 is 1.94 bits per heavy atom. The van der Waals surface area contributed by atoms with Crippen molar-refractivity contribution in [1.82, 2.24) is 0 Å². The molecule has 17 heavy (non-hydrogen) atoms. The molecule has 0 amide bonds. The van der Waals surface area contributed by atoms with Gasteiger partial charge in [0.05, 0.1) is 5.38 Å². The highest BCUT2D eigenvalue weighted by Gasteiger charge is 2.17. The van der Waals surface area contributed by atoms with Crippen molar-refractivity contribution in [2.45, 2.75) is 13.5 Å². The molecule has 86 valence electrons. The Hall–Kier alpha value is -1.81. The van der Waals surface area contributed by atoms with E-state index in [1.807, 2.05) is 21.7 Å². The molecule has 0 fully saturated rings. The second kappa shape index (κ2) is 5.01. The molecule has 0 aliphatic heterocycles. The lowest BCUT2D eigenvalue weighted by molar-refractivity contribution is -0.678. The Morgan fingerprint density at radius 1 is 1.24 bits per heavy atom. The highest BCUT2D eigenvalue weighted by Crippen LogP contribution is 2.10. The molecule has 0 bridgehead atoms. The lowest BCUT2D eigenvalue weighted by atomic mass is 10.0. The topological polar surface area (TPSA) is 38.0 Å². The number of nitrogens with zero attached hydrogens (tertiary/aromatic N) is 1. The monoisotopic (exact) mass is 246 g/mol. The van der Waals surface area contributed by atoms with Crippen LogP contribution in [-0.2, 0) is 6.54 Å². The zero-order valence-corrected chi connectivity index (χ0v) is 10.2. The quantitative estimate of drug-likeness (QED) is 0.612. The zero-order valence-electron chi connectivity index (χ0n) is 9.42. The van der Waals surface area contributed by atoms with E-state index in [1.54, 1.807) is 24.3 Å². The molecule has 0 saturated carbocycles. The molecule has 0 atom stereocenters. The van der Waals surface area contributed by atoms with Crippen molar-refractivity contribution in [3.05, 3.63) is 52.5 Å². The lowest BCUT2D eigenvalue weighted by Crippen LogP contribution is -2.35. The third-order valence-electron chi connectivity index (χ3n) is 2.46. The summed E-state index contributed by atoms with van der Waals surface area (Å²) in [5.74, 6) is -0.122. The Labute approximate surface area is 103 Å². The first kappa shape index (κ1) is 11.7. The van der Waals surface area contributed by atoms with Gasteiger partial charge in [0.1, 0.15) is 0 Å². The van der Waals surface area contributed by atoms with Gasteiger partial charge in [-0.2, -0.15) is 4.57 Å². The largest absolute Gasteiger partial charge is 0.294 e. The average molecular weight is 246 g/mol. The minimum Gasteiger partial charge on any atom is -0.294 e. The fraction of sp³-hybridized carbons (Fsp3) is 0.154. The second-order valence-electron chi connectivity index (χ2n) is 3.72. The zero-order chi connectivity index (χ0) is 12.3. The molecule has 0 unspecified atom stereocenters. The van der Waals surface area contributed by atoms with E-state index in [4.69, 9.17) is 0 Å². The summed E-state index contributed by atoms with van der Waals surface area (Å²) >= 11 is 1.53. The predicted octanol–water partition coefficient (Wildman–Crippen LogP) is 2.12. The first-order valence-electron chi connectivity index (χ1n) is 5.23. The number of thiazole rings is 1. The summed E-state index contributed by atoms with van der Waals surface area (Å²) in [7, 11) is 0. The molecule has 0 saturated heterocycles. The van der Waals surface area contributed by atoms with Gasteiger partial charge in [0, 0.05) is 11.1 Å². The van der Waals surface area contributed by atoms with Crippen LogP contribution in [0.4, 0.5) is 0 Å². The summed E-state index contributed by atoms with van der Waals surface area (Å²) in [6.07, 6.45) is 1.85. The third-order valence-corrected chi connectivity index (χ3v) is 3.13. The predicted molar refractivity (Wildman–Crippen MR) is 65.3 cm³/mol. The van der Waals surface area contributed by atoms with Gasteiger partial charge in [0.15, 0.2) is 12.0 Å². The van der Waals surface area contributed by atoms with Crippen LogP contribution in [0.5, 0.6) is 0 Å². The molecule has 1 aromatic heterocycles. The summed E-state index contributed by atoms with van der Waals surface area (Å²) in [4.78, 5) is 23.5. The summed E-state index contributed by atoms with van der Waals surface area (Å²) in [6.45, 7) is 1.75. The minimum atomic E-state index is -0.0794. The lowest BCUT2D eigenvalue weighted by Gasteiger charge is -2.02. The molecule has 1 heterocycles. The van der Waals surface area contributed by atoms with Crippen LogP contribution in [0.1, 0.15) is 27.6 Å². The van der Waals surface area contributed by atoms with Crippen LogP contribution in [0.2, 0.25) is 0 Å². The number of hydrogen-bond acceptors (Lipinski definition) is 3. The number of benzene rings is 1. The SMILES string of the molecule is CC(=O)c1ccccc1C(=O)C[n+]1ccsc1. The number of hydrogen-bond donors (Lipinski definition) is 0. The minimum absolute atomic E-state index is 0.0424. The number of ketones is 2. The van der Waals surface area contributed by atoms with Crippen LogP contribution in [0.25, 0.3) is 0 Å². The Balaban J connectivity index is 2.28. The smallest absolute Gasteiger partial charge is 0.228 e. The van der Waals surface area contributed by atoms with Gasteiger partial charge >= 0.3 is 0 Å². The van der Waals surface area contributed by atoms with Crippen LogP contribution in [0, 0.1) is 0 Å². The third kappa shape index (κ3) is 2.65. The van der Waals surface area contributed by atoms with Crippen molar-refractivity contribution in [1.29, 1.82) is 0 Å².